The highest BCUT2D eigenvalue weighted by Gasteiger charge is 2.17. The SMILES string of the molecule is COC(=O)CN(CC(=O)OC)Cc1nnc(Cl)s1. The predicted octanol–water partition coefficient (Wildman–Crippen LogP) is 0.340. The first-order valence-electron chi connectivity index (χ1n) is 4.89. The van der Waals surface area contributed by atoms with Crippen LogP contribution in [0.5, 0.6) is 0 Å². The molecule has 100 valence electrons. The van der Waals surface area contributed by atoms with Crippen molar-refractivity contribution >= 4 is 34.9 Å². The molecule has 0 atom stereocenters. The number of methoxy groups -OCH3 is 2. The second kappa shape index (κ2) is 7.24. The van der Waals surface area contributed by atoms with Gasteiger partial charge in [0.15, 0.2) is 0 Å². The number of hydrogen-bond donors (Lipinski definition) is 0. The fourth-order valence-electron chi connectivity index (χ4n) is 1.15. The van der Waals surface area contributed by atoms with E-state index in [0.717, 1.165) is 0 Å². The highest BCUT2D eigenvalue weighted by Crippen LogP contribution is 2.16. The highest BCUT2D eigenvalue weighted by atomic mass is 35.5. The fourth-order valence-corrected chi connectivity index (χ4v) is 2.06. The first-order chi connectivity index (χ1) is 8.55. The van der Waals surface area contributed by atoms with E-state index in [1.54, 1.807) is 0 Å². The number of nitrogens with zero attached hydrogens (tertiary/aromatic N) is 3. The molecule has 0 spiro atoms. The molecule has 0 N–H and O–H groups in total. The summed E-state index contributed by atoms with van der Waals surface area (Å²) in [7, 11) is 2.56. The van der Waals surface area contributed by atoms with Gasteiger partial charge in [0.05, 0.1) is 33.9 Å². The van der Waals surface area contributed by atoms with Crippen LogP contribution in [0.4, 0.5) is 0 Å². The minimum Gasteiger partial charge on any atom is -0.468 e. The molecule has 18 heavy (non-hydrogen) atoms. The van der Waals surface area contributed by atoms with Crippen LogP contribution in [0.1, 0.15) is 5.01 Å². The van der Waals surface area contributed by atoms with Gasteiger partial charge in [-0.25, -0.2) is 0 Å². The largest absolute Gasteiger partial charge is 0.468 e. The third-order valence-corrected chi connectivity index (χ3v) is 2.97. The molecule has 0 aliphatic heterocycles. The second-order valence-corrected chi connectivity index (χ2v) is 4.89. The molecule has 0 saturated carbocycles. The van der Waals surface area contributed by atoms with Crippen molar-refractivity contribution < 1.29 is 19.1 Å². The smallest absolute Gasteiger partial charge is 0.319 e. The molecule has 0 amide bonds. The van der Waals surface area contributed by atoms with E-state index >= 15 is 0 Å². The second-order valence-electron chi connectivity index (χ2n) is 3.25. The molecule has 1 heterocycles. The molecule has 0 bridgehead atoms. The summed E-state index contributed by atoms with van der Waals surface area (Å²) in [5.41, 5.74) is 0. The maximum atomic E-state index is 11.2. The van der Waals surface area contributed by atoms with Gasteiger partial charge in [-0.3, -0.25) is 14.5 Å². The molecule has 1 rings (SSSR count). The van der Waals surface area contributed by atoms with Gasteiger partial charge in [0.25, 0.3) is 0 Å². The minimum absolute atomic E-state index is 0.0389. The van der Waals surface area contributed by atoms with Gasteiger partial charge in [-0.05, 0) is 11.6 Å². The quantitative estimate of drug-likeness (QED) is 0.699. The molecular weight excluding hydrogens is 282 g/mol. The number of carbonyl (C=O) groups excluding carboxylic acids is 2. The van der Waals surface area contributed by atoms with Crippen LogP contribution in [0, 0.1) is 0 Å². The number of esters is 2. The number of carbonyl (C=O) groups is 2. The third kappa shape index (κ3) is 4.94. The molecule has 1 aromatic heterocycles. The summed E-state index contributed by atoms with van der Waals surface area (Å²) in [6, 6.07) is 0. The molecule has 0 aliphatic carbocycles. The summed E-state index contributed by atoms with van der Waals surface area (Å²) >= 11 is 6.84. The van der Waals surface area contributed by atoms with Gasteiger partial charge < -0.3 is 9.47 Å². The molecular formula is C9H12ClN3O4S. The van der Waals surface area contributed by atoms with Crippen LogP contribution in [0.3, 0.4) is 0 Å². The Morgan fingerprint density at radius 3 is 2.17 bits per heavy atom. The molecule has 0 radical (unpaired) electrons. The van der Waals surface area contributed by atoms with Gasteiger partial charge in [-0.15, -0.1) is 10.2 Å². The van der Waals surface area contributed by atoms with E-state index in [1.807, 2.05) is 0 Å². The Bertz CT molecular complexity index is 408. The first-order valence-corrected chi connectivity index (χ1v) is 6.08. The summed E-state index contributed by atoms with van der Waals surface area (Å²) in [5.74, 6) is -0.899. The zero-order valence-corrected chi connectivity index (χ0v) is 11.5. The van der Waals surface area contributed by atoms with Crippen molar-refractivity contribution in [3.8, 4) is 0 Å². The van der Waals surface area contributed by atoms with Crippen LogP contribution in [-0.2, 0) is 25.6 Å². The zero-order valence-electron chi connectivity index (χ0n) is 9.88. The van der Waals surface area contributed by atoms with Crippen molar-refractivity contribution in [2.24, 2.45) is 0 Å². The lowest BCUT2D eigenvalue weighted by molar-refractivity contribution is -0.145. The average Bonchev–Trinajstić information content (AvgIpc) is 2.74. The van der Waals surface area contributed by atoms with E-state index in [-0.39, 0.29) is 19.6 Å². The van der Waals surface area contributed by atoms with Crippen molar-refractivity contribution in [1.29, 1.82) is 0 Å². The molecule has 0 saturated heterocycles. The molecule has 9 heteroatoms. The van der Waals surface area contributed by atoms with E-state index in [2.05, 4.69) is 19.7 Å². The van der Waals surface area contributed by atoms with E-state index in [1.165, 1.54) is 30.5 Å². The van der Waals surface area contributed by atoms with Gasteiger partial charge in [0.1, 0.15) is 5.01 Å². The summed E-state index contributed by atoms with van der Waals surface area (Å²) in [5, 5.41) is 8.06. The Hall–Kier alpha value is -1.25. The van der Waals surface area contributed by atoms with Crippen molar-refractivity contribution in [1.82, 2.24) is 15.1 Å². The normalized spacial score (nSPS) is 10.4. The third-order valence-electron chi connectivity index (χ3n) is 1.96. The average molecular weight is 294 g/mol. The monoisotopic (exact) mass is 293 g/mol. The van der Waals surface area contributed by atoms with E-state index in [0.29, 0.717) is 9.47 Å². The van der Waals surface area contributed by atoms with Gasteiger partial charge in [0, 0.05) is 0 Å². The maximum Gasteiger partial charge on any atom is 0.319 e. The van der Waals surface area contributed by atoms with Crippen molar-refractivity contribution in [3.05, 3.63) is 9.47 Å². The van der Waals surface area contributed by atoms with E-state index in [4.69, 9.17) is 11.6 Å². The molecule has 7 nitrogen and oxygen atoms in total. The van der Waals surface area contributed by atoms with Crippen molar-refractivity contribution in [3.63, 3.8) is 0 Å². The Kier molecular flexibility index (Phi) is 5.96. The van der Waals surface area contributed by atoms with Gasteiger partial charge in [-0.1, -0.05) is 11.3 Å². The molecule has 0 aromatic carbocycles. The zero-order chi connectivity index (χ0) is 13.5. The topological polar surface area (TPSA) is 81.6 Å². The lowest BCUT2D eigenvalue weighted by Crippen LogP contribution is -2.35. The van der Waals surface area contributed by atoms with Gasteiger partial charge in [-0.2, -0.15) is 0 Å². The molecule has 0 unspecified atom stereocenters. The number of aromatic nitrogens is 2. The Balaban J connectivity index is 2.64. The number of rotatable bonds is 6. The standard InChI is InChI=1S/C9H12ClN3O4S/c1-16-7(14)4-13(5-8(15)17-2)3-6-11-12-9(10)18-6/h3-5H2,1-2H3. The number of hydrogen-bond acceptors (Lipinski definition) is 8. The minimum atomic E-state index is -0.450. The Morgan fingerprint density at radius 2 is 1.78 bits per heavy atom. The predicted molar refractivity (Wildman–Crippen MR) is 64.2 cm³/mol. The van der Waals surface area contributed by atoms with Gasteiger partial charge >= 0.3 is 11.9 Å². The van der Waals surface area contributed by atoms with Crippen LogP contribution < -0.4 is 0 Å². The van der Waals surface area contributed by atoms with E-state index in [9.17, 15) is 9.59 Å². The first kappa shape index (κ1) is 14.8. The summed E-state index contributed by atoms with van der Waals surface area (Å²) in [4.78, 5) is 24.0. The van der Waals surface area contributed by atoms with Crippen LogP contribution in [0.2, 0.25) is 4.47 Å². The van der Waals surface area contributed by atoms with Crippen LogP contribution >= 0.6 is 22.9 Å². The van der Waals surface area contributed by atoms with Crippen LogP contribution in [0.15, 0.2) is 0 Å². The lowest BCUT2D eigenvalue weighted by Gasteiger charge is -2.17. The van der Waals surface area contributed by atoms with E-state index < -0.39 is 11.9 Å². The number of ether oxygens (including phenoxy) is 2. The summed E-state index contributed by atoms with van der Waals surface area (Å²) in [6.45, 7) is 0.195. The molecule has 0 aliphatic rings. The highest BCUT2D eigenvalue weighted by molar-refractivity contribution is 7.15. The van der Waals surface area contributed by atoms with Crippen molar-refractivity contribution in [2.75, 3.05) is 27.3 Å². The van der Waals surface area contributed by atoms with Crippen LogP contribution in [-0.4, -0.2) is 54.3 Å². The maximum absolute atomic E-state index is 11.2. The summed E-state index contributed by atoms with van der Waals surface area (Å²) in [6.07, 6.45) is 0. The van der Waals surface area contributed by atoms with Gasteiger partial charge in [0.2, 0.25) is 4.47 Å². The Labute approximate surface area is 113 Å². The number of halogens is 1. The van der Waals surface area contributed by atoms with Crippen molar-refractivity contribution in [2.45, 2.75) is 6.54 Å². The molecule has 1 aromatic rings. The summed E-state index contributed by atoms with van der Waals surface area (Å²) < 4.78 is 9.40. The lowest BCUT2D eigenvalue weighted by atomic mass is 10.4. The van der Waals surface area contributed by atoms with Crippen LogP contribution in [0.25, 0.3) is 0 Å². The Morgan fingerprint density at radius 1 is 1.22 bits per heavy atom. The fraction of sp³-hybridized carbons (Fsp3) is 0.556. The molecule has 0 fully saturated rings.